The second kappa shape index (κ2) is 4.56. The fourth-order valence-electron chi connectivity index (χ4n) is 0.971. The van der Waals surface area contributed by atoms with E-state index in [4.69, 9.17) is 10.8 Å². The van der Waals surface area contributed by atoms with Gasteiger partial charge in [0.15, 0.2) is 0 Å². The van der Waals surface area contributed by atoms with Crippen LogP contribution in [0.15, 0.2) is 18.2 Å². The van der Waals surface area contributed by atoms with Crippen molar-refractivity contribution in [1.82, 2.24) is 0 Å². The average molecular weight is 239 g/mol. The predicted octanol–water partition coefficient (Wildman–Crippen LogP) is 1.71. The highest BCUT2D eigenvalue weighted by Crippen LogP contribution is 2.28. The van der Waals surface area contributed by atoms with E-state index in [2.05, 4.69) is 4.74 Å². The quantitative estimate of drug-likeness (QED) is 0.623. The molecule has 0 heterocycles. The van der Waals surface area contributed by atoms with Crippen LogP contribution in [0.5, 0.6) is 5.75 Å². The molecule has 7 heteroatoms. The lowest BCUT2D eigenvalue weighted by Crippen LogP contribution is -2.37. The van der Waals surface area contributed by atoms with Crippen LogP contribution in [-0.2, 0) is 0 Å². The zero-order valence-corrected chi connectivity index (χ0v) is 7.96. The Hall–Kier alpha value is -1.50. The van der Waals surface area contributed by atoms with E-state index in [9.17, 15) is 17.6 Å². The van der Waals surface area contributed by atoms with Crippen LogP contribution in [0.4, 0.5) is 23.2 Å². The van der Waals surface area contributed by atoms with Crippen LogP contribution in [0.2, 0.25) is 0 Å². The molecule has 0 saturated heterocycles. The van der Waals surface area contributed by atoms with Crippen molar-refractivity contribution in [2.24, 2.45) is 0 Å². The highest BCUT2D eigenvalue weighted by molar-refractivity contribution is 5.52. The van der Waals surface area contributed by atoms with E-state index >= 15 is 0 Å². The maximum atomic E-state index is 12.7. The summed E-state index contributed by atoms with van der Waals surface area (Å²) in [6, 6.07) is 2.79. The van der Waals surface area contributed by atoms with Crippen LogP contribution in [0.25, 0.3) is 0 Å². The summed E-state index contributed by atoms with van der Waals surface area (Å²) in [6.07, 6.45) is -7.16. The number of halogens is 4. The van der Waals surface area contributed by atoms with Crippen molar-refractivity contribution in [3.05, 3.63) is 24.0 Å². The fraction of sp³-hybridized carbons (Fsp3) is 0.333. The van der Waals surface area contributed by atoms with Crippen LogP contribution in [-0.4, -0.2) is 24.0 Å². The molecule has 1 atom stereocenters. The van der Waals surface area contributed by atoms with Gasteiger partial charge in [0.2, 0.25) is 6.10 Å². The number of nitrogen functional groups attached to an aromatic ring is 1. The highest BCUT2D eigenvalue weighted by atomic mass is 19.4. The Kier molecular flexibility index (Phi) is 3.58. The molecule has 1 aromatic carbocycles. The van der Waals surface area contributed by atoms with Gasteiger partial charge in [0.1, 0.15) is 11.6 Å². The van der Waals surface area contributed by atoms with Gasteiger partial charge in [0.05, 0.1) is 12.3 Å². The van der Waals surface area contributed by atoms with Crippen LogP contribution in [0.3, 0.4) is 0 Å². The summed E-state index contributed by atoms with van der Waals surface area (Å²) in [5.41, 5.74) is 5.16. The van der Waals surface area contributed by atoms with Crippen LogP contribution >= 0.6 is 0 Å². The maximum Gasteiger partial charge on any atom is 0.427 e. The van der Waals surface area contributed by atoms with Crippen molar-refractivity contribution in [3.63, 3.8) is 0 Å². The van der Waals surface area contributed by atoms with Gasteiger partial charge in [-0.3, -0.25) is 0 Å². The molecule has 3 N–H and O–H groups in total. The third kappa shape index (κ3) is 2.99. The van der Waals surface area contributed by atoms with E-state index in [1.165, 1.54) is 0 Å². The minimum absolute atomic E-state index is 0.135. The Morgan fingerprint density at radius 2 is 2.00 bits per heavy atom. The molecule has 1 aromatic rings. The number of alkyl halides is 3. The van der Waals surface area contributed by atoms with Gasteiger partial charge in [-0.15, -0.1) is 0 Å². The molecule has 0 spiro atoms. The summed E-state index contributed by atoms with van der Waals surface area (Å²) in [5.74, 6) is -1.22. The predicted molar refractivity (Wildman–Crippen MR) is 48.4 cm³/mol. The summed E-state index contributed by atoms with van der Waals surface area (Å²) in [6.45, 7) is -1.26. The molecule has 0 fully saturated rings. The van der Waals surface area contributed by atoms with E-state index in [-0.39, 0.29) is 5.69 Å². The molecule has 0 radical (unpaired) electrons. The largest absolute Gasteiger partial charge is 0.476 e. The zero-order chi connectivity index (χ0) is 12.3. The van der Waals surface area contributed by atoms with Crippen molar-refractivity contribution in [1.29, 1.82) is 0 Å². The van der Waals surface area contributed by atoms with Gasteiger partial charge in [0.25, 0.3) is 0 Å². The molecule has 0 unspecified atom stereocenters. The Bertz CT molecular complexity index is 367. The van der Waals surface area contributed by atoms with Crippen molar-refractivity contribution in [2.75, 3.05) is 12.3 Å². The van der Waals surface area contributed by atoms with Crippen LogP contribution < -0.4 is 10.5 Å². The van der Waals surface area contributed by atoms with Gasteiger partial charge in [-0.2, -0.15) is 13.2 Å². The molecule has 0 aliphatic carbocycles. The lowest BCUT2D eigenvalue weighted by atomic mass is 10.3. The minimum atomic E-state index is -4.74. The number of aliphatic hydroxyl groups is 1. The summed E-state index contributed by atoms with van der Waals surface area (Å²) in [7, 11) is 0. The Balaban J connectivity index is 2.90. The Labute approximate surface area is 88.4 Å². The van der Waals surface area contributed by atoms with Gasteiger partial charge in [0, 0.05) is 6.07 Å². The smallest absolute Gasteiger partial charge is 0.427 e. The zero-order valence-electron chi connectivity index (χ0n) is 7.96. The second-order valence-corrected chi connectivity index (χ2v) is 3.01. The fourth-order valence-corrected chi connectivity index (χ4v) is 0.971. The van der Waals surface area contributed by atoms with E-state index in [1.54, 1.807) is 0 Å². The molecule has 0 aromatic heterocycles. The van der Waals surface area contributed by atoms with Crippen molar-refractivity contribution < 1.29 is 27.4 Å². The number of nitrogens with two attached hydrogens (primary N) is 1. The number of benzene rings is 1. The van der Waals surface area contributed by atoms with Crippen LogP contribution in [0.1, 0.15) is 0 Å². The third-order valence-electron chi connectivity index (χ3n) is 1.78. The summed E-state index contributed by atoms with van der Waals surface area (Å²) < 4.78 is 53.8. The number of ether oxygens (including phenoxy) is 1. The molecule has 0 saturated carbocycles. The van der Waals surface area contributed by atoms with Gasteiger partial charge >= 0.3 is 6.18 Å². The standard InChI is InChI=1S/C9H9F4NO2/c10-5-1-2-6(14)7(3-5)16-8(4-15)9(11,12)13/h1-3,8,15H,4,14H2/t8-/m1/s1. The first-order chi connectivity index (χ1) is 7.34. The molecule has 16 heavy (non-hydrogen) atoms. The first-order valence-electron chi connectivity index (χ1n) is 4.24. The van der Waals surface area contributed by atoms with Crippen LogP contribution in [0, 0.1) is 5.82 Å². The number of aliphatic hydroxyl groups excluding tert-OH is 1. The van der Waals surface area contributed by atoms with Crippen molar-refractivity contribution in [3.8, 4) is 5.75 Å². The van der Waals surface area contributed by atoms with Gasteiger partial charge in [-0.25, -0.2) is 4.39 Å². The minimum Gasteiger partial charge on any atom is -0.476 e. The molecule has 1 rings (SSSR count). The molecular weight excluding hydrogens is 230 g/mol. The normalized spacial score (nSPS) is 13.6. The first kappa shape index (κ1) is 12.6. The molecular formula is C9H9F4NO2. The summed E-state index contributed by atoms with van der Waals surface area (Å²) >= 11 is 0. The van der Waals surface area contributed by atoms with E-state index in [0.29, 0.717) is 0 Å². The summed E-state index contributed by atoms with van der Waals surface area (Å²) in [5, 5.41) is 8.50. The maximum absolute atomic E-state index is 12.7. The lowest BCUT2D eigenvalue weighted by molar-refractivity contribution is -0.203. The number of anilines is 1. The SMILES string of the molecule is Nc1ccc(F)cc1O[C@H](CO)C(F)(F)F. The molecule has 0 aliphatic heterocycles. The van der Waals surface area contributed by atoms with Crippen molar-refractivity contribution in [2.45, 2.75) is 12.3 Å². The monoisotopic (exact) mass is 239 g/mol. The van der Waals surface area contributed by atoms with Gasteiger partial charge in [-0.1, -0.05) is 0 Å². The highest BCUT2D eigenvalue weighted by Gasteiger charge is 2.41. The molecule has 0 aliphatic rings. The van der Waals surface area contributed by atoms with Gasteiger partial charge in [-0.05, 0) is 12.1 Å². The number of hydrogen-bond acceptors (Lipinski definition) is 3. The topological polar surface area (TPSA) is 55.5 Å². The van der Waals surface area contributed by atoms with Gasteiger partial charge < -0.3 is 15.6 Å². The number of rotatable bonds is 3. The Morgan fingerprint density at radius 3 is 2.50 bits per heavy atom. The average Bonchev–Trinajstić information content (AvgIpc) is 2.17. The van der Waals surface area contributed by atoms with E-state index < -0.39 is 30.5 Å². The Morgan fingerprint density at radius 1 is 1.38 bits per heavy atom. The molecule has 0 amide bonds. The second-order valence-electron chi connectivity index (χ2n) is 3.01. The lowest BCUT2D eigenvalue weighted by Gasteiger charge is -2.20. The third-order valence-corrected chi connectivity index (χ3v) is 1.78. The van der Waals surface area contributed by atoms with Crippen molar-refractivity contribution >= 4 is 5.69 Å². The van der Waals surface area contributed by atoms with E-state index in [1.807, 2.05) is 0 Å². The molecule has 0 bridgehead atoms. The summed E-state index contributed by atoms with van der Waals surface area (Å²) in [4.78, 5) is 0. The molecule has 90 valence electrons. The van der Waals surface area contributed by atoms with E-state index in [0.717, 1.165) is 18.2 Å². The molecule has 3 nitrogen and oxygen atoms in total. The number of hydrogen-bond donors (Lipinski definition) is 2. The first-order valence-corrected chi connectivity index (χ1v) is 4.24.